The molecule has 110 valence electrons. The summed E-state index contributed by atoms with van der Waals surface area (Å²) in [5.74, 6) is 0.0721. The summed E-state index contributed by atoms with van der Waals surface area (Å²) in [6, 6.07) is 5.39. The molecule has 1 N–H and O–H groups in total. The highest BCUT2D eigenvalue weighted by Gasteiger charge is 2.64. The number of halogens is 1. The van der Waals surface area contributed by atoms with Crippen LogP contribution in [0.4, 0.5) is 4.39 Å². The van der Waals surface area contributed by atoms with Gasteiger partial charge in [-0.25, -0.2) is 4.39 Å². The van der Waals surface area contributed by atoms with E-state index in [9.17, 15) is 14.0 Å². The Bertz CT molecular complexity index is 658. The van der Waals surface area contributed by atoms with Gasteiger partial charge in [0.15, 0.2) is 5.78 Å². The molecule has 0 aromatic heterocycles. The maximum absolute atomic E-state index is 12.9. The number of hydrogen-bond acceptors (Lipinski definition) is 2. The van der Waals surface area contributed by atoms with Crippen molar-refractivity contribution in [1.82, 2.24) is 5.32 Å². The zero-order valence-electron chi connectivity index (χ0n) is 12.4. The van der Waals surface area contributed by atoms with Crippen molar-refractivity contribution in [3.63, 3.8) is 0 Å². The molecule has 0 saturated heterocycles. The minimum atomic E-state index is -0.376. The molecule has 0 spiro atoms. The monoisotopic (exact) mass is 287 g/mol. The second-order valence-corrected chi connectivity index (χ2v) is 6.52. The third-order valence-electron chi connectivity index (χ3n) is 4.86. The van der Waals surface area contributed by atoms with Crippen LogP contribution in [0.2, 0.25) is 0 Å². The van der Waals surface area contributed by atoms with Crippen LogP contribution in [0.1, 0.15) is 37.6 Å². The summed E-state index contributed by atoms with van der Waals surface area (Å²) in [5.41, 5.74) is 2.06. The summed E-state index contributed by atoms with van der Waals surface area (Å²) in [5, 5.41) is 2.84. The van der Waals surface area contributed by atoms with Crippen molar-refractivity contribution >= 4 is 11.7 Å². The molecular weight excluding hydrogens is 269 g/mol. The zero-order valence-corrected chi connectivity index (χ0v) is 12.4. The van der Waals surface area contributed by atoms with E-state index < -0.39 is 0 Å². The van der Waals surface area contributed by atoms with Gasteiger partial charge in [-0.05, 0) is 54.9 Å². The highest BCUT2D eigenvalue weighted by Crippen LogP contribution is 2.68. The van der Waals surface area contributed by atoms with Crippen LogP contribution >= 0.6 is 0 Å². The third-order valence-corrected chi connectivity index (χ3v) is 4.86. The Hall–Kier alpha value is -1.97. The minimum absolute atomic E-state index is 0.0301. The van der Waals surface area contributed by atoms with E-state index in [4.69, 9.17) is 0 Å². The quantitative estimate of drug-likeness (QED) is 0.928. The summed E-state index contributed by atoms with van der Waals surface area (Å²) < 4.78 is 12.9. The van der Waals surface area contributed by atoms with Crippen LogP contribution in [-0.4, -0.2) is 11.7 Å². The first-order valence-electron chi connectivity index (χ1n) is 7.13. The molecule has 2 aliphatic rings. The normalized spacial score (nSPS) is 25.5. The highest BCUT2D eigenvalue weighted by atomic mass is 19.1. The van der Waals surface area contributed by atoms with Crippen molar-refractivity contribution in [3.8, 4) is 0 Å². The van der Waals surface area contributed by atoms with Crippen molar-refractivity contribution < 1.29 is 14.0 Å². The van der Waals surface area contributed by atoms with Gasteiger partial charge >= 0.3 is 0 Å². The number of Topliss-reactive ketones (excluding diaryl/α,β-unsaturated/α-hetero) is 1. The smallest absolute Gasteiger partial charge is 0.255 e. The average Bonchev–Trinajstić information content (AvgIpc) is 2.78. The summed E-state index contributed by atoms with van der Waals surface area (Å²) >= 11 is 0. The molecule has 0 aliphatic heterocycles. The van der Waals surface area contributed by atoms with Crippen LogP contribution in [0.25, 0.3) is 0 Å². The highest BCUT2D eigenvalue weighted by molar-refractivity contribution is 6.00. The SMILES string of the molecule is CC(=O)C1=C(NC(=O)c2ccc(F)cc2)C[C@@H]2[C@@H]1C2(C)C. The van der Waals surface area contributed by atoms with Crippen molar-refractivity contribution in [3.05, 3.63) is 46.9 Å². The Morgan fingerprint density at radius 2 is 1.86 bits per heavy atom. The van der Waals surface area contributed by atoms with Crippen LogP contribution in [0.3, 0.4) is 0 Å². The molecule has 3 nitrogen and oxygen atoms in total. The largest absolute Gasteiger partial charge is 0.325 e. The first-order valence-corrected chi connectivity index (χ1v) is 7.13. The third kappa shape index (κ3) is 2.19. The second kappa shape index (κ2) is 4.52. The lowest BCUT2D eigenvalue weighted by atomic mass is 9.96. The number of amides is 1. The molecule has 0 bridgehead atoms. The number of allylic oxidation sites excluding steroid dienone is 2. The van der Waals surface area contributed by atoms with Crippen molar-refractivity contribution in [2.45, 2.75) is 27.2 Å². The lowest BCUT2D eigenvalue weighted by Crippen LogP contribution is -2.25. The van der Waals surface area contributed by atoms with E-state index in [2.05, 4.69) is 19.2 Å². The summed E-state index contributed by atoms with van der Waals surface area (Å²) in [7, 11) is 0. The molecule has 0 heterocycles. The first-order chi connectivity index (χ1) is 9.82. The molecule has 3 rings (SSSR count). The predicted octanol–water partition coefficient (Wildman–Crippen LogP) is 3.07. The molecule has 1 saturated carbocycles. The number of rotatable bonds is 3. The van der Waals surface area contributed by atoms with Crippen molar-refractivity contribution in [1.29, 1.82) is 0 Å². The maximum atomic E-state index is 12.9. The fourth-order valence-electron chi connectivity index (χ4n) is 3.58. The summed E-state index contributed by atoms with van der Waals surface area (Å²) in [4.78, 5) is 24.1. The molecule has 21 heavy (non-hydrogen) atoms. The van der Waals surface area contributed by atoms with E-state index in [1.165, 1.54) is 24.3 Å². The number of carbonyl (C=O) groups excluding carboxylic acids is 2. The first kappa shape index (κ1) is 14.0. The molecule has 1 amide bonds. The molecule has 0 radical (unpaired) electrons. The van der Waals surface area contributed by atoms with E-state index in [1.807, 2.05) is 0 Å². The van der Waals surface area contributed by atoms with Gasteiger partial charge in [-0.15, -0.1) is 0 Å². The number of nitrogens with one attached hydrogen (secondary N) is 1. The average molecular weight is 287 g/mol. The number of benzene rings is 1. The molecule has 1 aromatic carbocycles. The molecule has 2 aliphatic carbocycles. The van der Waals surface area contributed by atoms with Gasteiger partial charge in [0.05, 0.1) is 0 Å². The maximum Gasteiger partial charge on any atom is 0.255 e. The van der Waals surface area contributed by atoms with Crippen LogP contribution in [0.15, 0.2) is 35.5 Å². The van der Waals surface area contributed by atoms with Gasteiger partial charge in [-0.1, -0.05) is 13.8 Å². The van der Waals surface area contributed by atoms with Crippen molar-refractivity contribution in [2.24, 2.45) is 17.3 Å². The predicted molar refractivity (Wildman–Crippen MR) is 77.0 cm³/mol. The van der Waals surface area contributed by atoms with E-state index in [1.54, 1.807) is 6.92 Å². The lowest BCUT2D eigenvalue weighted by Gasteiger charge is -2.15. The standard InChI is InChI=1S/C17H18FNO2/c1-9(20)14-13(8-12-15(14)17(12,2)3)19-16(21)10-4-6-11(18)7-5-10/h4-7,12,15H,8H2,1-3H3,(H,19,21)/t12-,15+/m1/s1. The topological polar surface area (TPSA) is 46.2 Å². The van der Waals surface area contributed by atoms with E-state index in [-0.39, 0.29) is 28.8 Å². The zero-order chi connectivity index (χ0) is 15.4. The van der Waals surface area contributed by atoms with E-state index >= 15 is 0 Å². The van der Waals surface area contributed by atoms with Gasteiger partial charge in [0, 0.05) is 16.8 Å². The fourth-order valence-corrected chi connectivity index (χ4v) is 3.58. The Morgan fingerprint density at radius 3 is 2.43 bits per heavy atom. The molecule has 2 atom stereocenters. The van der Waals surface area contributed by atoms with Gasteiger partial charge in [-0.3, -0.25) is 9.59 Å². The molecule has 1 aromatic rings. The number of carbonyl (C=O) groups is 2. The molecule has 4 heteroatoms. The van der Waals surface area contributed by atoms with Crippen LogP contribution < -0.4 is 5.32 Å². The molecule has 0 unspecified atom stereocenters. The Kier molecular flexibility index (Phi) is 3.01. The fraction of sp³-hybridized carbons (Fsp3) is 0.412. The second-order valence-electron chi connectivity index (χ2n) is 6.52. The van der Waals surface area contributed by atoms with Crippen LogP contribution in [0.5, 0.6) is 0 Å². The lowest BCUT2D eigenvalue weighted by molar-refractivity contribution is -0.114. The van der Waals surface area contributed by atoms with Gasteiger partial charge in [0.2, 0.25) is 0 Å². The number of ketones is 1. The van der Waals surface area contributed by atoms with E-state index in [0.29, 0.717) is 11.5 Å². The number of hydrogen-bond donors (Lipinski definition) is 1. The Balaban J connectivity index is 1.82. The molecular formula is C17H18FNO2. The Morgan fingerprint density at radius 1 is 1.24 bits per heavy atom. The Labute approximate surface area is 123 Å². The van der Waals surface area contributed by atoms with Gasteiger partial charge in [0.25, 0.3) is 5.91 Å². The number of fused-ring (bicyclic) bond motifs is 1. The van der Waals surface area contributed by atoms with Gasteiger partial charge in [0.1, 0.15) is 5.82 Å². The minimum Gasteiger partial charge on any atom is -0.325 e. The molecule has 1 fully saturated rings. The van der Waals surface area contributed by atoms with Crippen LogP contribution in [-0.2, 0) is 4.79 Å². The van der Waals surface area contributed by atoms with E-state index in [0.717, 1.165) is 17.7 Å². The summed E-state index contributed by atoms with van der Waals surface area (Å²) in [6.45, 7) is 5.86. The van der Waals surface area contributed by atoms with Crippen LogP contribution in [0, 0.1) is 23.1 Å². The van der Waals surface area contributed by atoms with Gasteiger partial charge < -0.3 is 5.32 Å². The van der Waals surface area contributed by atoms with Crippen molar-refractivity contribution in [2.75, 3.05) is 0 Å². The summed E-state index contributed by atoms with van der Waals surface area (Å²) in [6.07, 6.45) is 0.736. The van der Waals surface area contributed by atoms with Gasteiger partial charge in [-0.2, -0.15) is 0 Å².